The molecule has 0 saturated carbocycles. The minimum absolute atomic E-state index is 0.0909. The molecule has 3 aromatic rings. The quantitative estimate of drug-likeness (QED) is 0.696. The Morgan fingerprint density at radius 3 is 2.78 bits per heavy atom. The van der Waals surface area contributed by atoms with Crippen LogP contribution in [0.4, 0.5) is 0 Å². The van der Waals surface area contributed by atoms with Crippen molar-refractivity contribution in [2.24, 2.45) is 0 Å². The van der Waals surface area contributed by atoms with Gasteiger partial charge in [0, 0.05) is 17.8 Å². The summed E-state index contributed by atoms with van der Waals surface area (Å²) in [6.07, 6.45) is 3.23. The molecular formula is C13H8N4O. The monoisotopic (exact) mass is 236 g/mol. The van der Waals surface area contributed by atoms with Crippen LogP contribution in [0.3, 0.4) is 0 Å². The Hall–Kier alpha value is -2.87. The zero-order valence-corrected chi connectivity index (χ0v) is 9.29. The highest BCUT2D eigenvalue weighted by Crippen LogP contribution is 2.16. The molecule has 86 valence electrons. The van der Waals surface area contributed by atoms with Crippen molar-refractivity contribution >= 4 is 5.65 Å². The number of rotatable bonds is 1. The molecule has 0 fully saturated rings. The van der Waals surface area contributed by atoms with Gasteiger partial charge in [0.2, 0.25) is 0 Å². The summed E-state index contributed by atoms with van der Waals surface area (Å²) in [5, 5.41) is 11.6. The van der Waals surface area contributed by atoms with Crippen LogP contribution in [-0.4, -0.2) is 14.6 Å². The lowest BCUT2D eigenvalue weighted by atomic mass is 10.1. The Morgan fingerprint density at radius 2 is 2.06 bits per heavy atom. The smallest absolute Gasteiger partial charge is 0.191 e. The normalized spacial score (nSPS) is 10.4. The molecule has 5 nitrogen and oxygen atoms in total. The molecule has 18 heavy (non-hydrogen) atoms. The first-order chi connectivity index (χ1) is 8.78. The predicted octanol–water partition coefficient (Wildman–Crippen LogP) is 1.56. The second-order valence-electron chi connectivity index (χ2n) is 3.86. The van der Waals surface area contributed by atoms with Gasteiger partial charge in [-0.1, -0.05) is 12.1 Å². The minimum atomic E-state index is -0.0909. The van der Waals surface area contributed by atoms with Gasteiger partial charge in [-0.15, -0.1) is 0 Å². The Bertz CT molecular complexity index is 805. The van der Waals surface area contributed by atoms with Crippen LogP contribution in [0, 0.1) is 11.3 Å². The van der Waals surface area contributed by atoms with Gasteiger partial charge >= 0.3 is 0 Å². The molecule has 0 radical (unpaired) electrons. The number of nitrogens with one attached hydrogen (secondary N) is 1. The zero-order valence-electron chi connectivity index (χ0n) is 9.29. The second-order valence-corrected chi connectivity index (χ2v) is 3.86. The van der Waals surface area contributed by atoms with Crippen molar-refractivity contribution in [3.63, 3.8) is 0 Å². The highest BCUT2D eigenvalue weighted by Gasteiger charge is 2.05. The number of aromatic nitrogens is 3. The number of H-pyrrole nitrogens is 1. The predicted molar refractivity (Wildman–Crippen MR) is 66.0 cm³/mol. The molecule has 3 rings (SSSR count). The molecule has 0 bridgehead atoms. The van der Waals surface area contributed by atoms with Crippen molar-refractivity contribution in [3.05, 3.63) is 58.6 Å². The number of nitriles is 1. The number of benzene rings is 1. The van der Waals surface area contributed by atoms with E-state index in [2.05, 4.69) is 10.1 Å². The van der Waals surface area contributed by atoms with Crippen LogP contribution in [0.25, 0.3) is 16.8 Å². The van der Waals surface area contributed by atoms with E-state index in [4.69, 9.17) is 5.26 Å². The van der Waals surface area contributed by atoms with Crippen molar-refractivity contribution in [2.45, 2.75) is 0 Å². The lowest BCUT2D eigenvalue weighted by molar-refractivity contribution is 0.960. The van der Waals surface area contributed by atoms with Gasteiger partial charge in [0.25, 0.3) is 0 Å². The molecule has 0 saturated heterocycles. The average molecular weight is 236 g/mol. The third-order valence-corrected chi connectivity index (χ3v) is 2.75. The molecule has 0 unspecified atom stereocenters. The number of hydrogen-bond donors (Lipinski definition) is 1. The van der Waals surface area contributed by atoms with Crippen LogP contribution in [0.5, 0.6) is 0 Å². The van der Waals surface area contributed by atoms with Crippen molar-refractivity contribution < 1.29 is 0 Å². The first-order valence-electron chi connectivity index (χ1n) is 5.34. The maximum absolute atomic E-state index is 12.0. The summed E-state index contributed by atoms with van der Waals surface area (Å²) < 4.78 is 1.68. The van der Waals surface area contributed by atoms with Gasteiger partial charge < -0.3 is 0 Å². The molecule has 0 amide bonds. The molecular weight excluding hydrogens is 228 g/mol. The van der Waals surface area contributed by atoms with Crippen molar-refractivity contribution in [1.82, 2.24) is 14.6 Å². The highest BCUT2D eigenvalue weighted by atomic mass is 16.1. The van der Waals surface area contributed by atoms with E-state index in [0.29, 0.717) is 16.8 Å². The molecule has 0 spiro atoms. The summed E-state index contributed by atoms with van der Waals surface area (Å²) >= 11 is 0. The fraction of sp³-hybridized carbons (Fsp3) is 0. The molecule has 2 heterocycles. The summed E-state index contributed by atoms with van der Waals surface area (Å²) in [5.74, 6) is 0. The lowest BCUT2D eigenvalue weighted by Crippen LogP contribution is -2.06. The van der Waals surface area contributed by atoms with Gasteiger partial charge in [0.1, 0.15) is 6.33 Å². The van der Waals surface area contributed by atoms with Crippen LogP contribution in [-0.2, 0) is 0 Å². The molecule has 0 aliphatic heterocycles. The number of hydrogen-bond acceptors (Lipinski definition) is 3. The van der Waals surface area contributed by atoms with Crippen LogP contribution in [0.15, 0.2) is 47.7 Å². The summed E-state index contributed by atoms with van der Waals surface area (Å²) in [6.45, 7) is 0. The van der Waals surface area contributed by atoms with E-state index in [1.807, 2.05) is 6.07 Å². The van der Waals surface area contributed by atoms with E-state index in [1.54, 1.807) is 35.0 Å². The fourth-order valence-corrected chi connectivity index (χ4v) is 1.82. The zero-order chi connectivity index (χ0) is 12.5. The van der Waals surface area contributed by atoms with Crippen LogP contribution in [0.2, 0.25) is 0 Å². The van der Waals surface area contributed by atoms with Crippen molar-refractivity contribution in [1.29, 1.82) is 5.26 Å². The number of aromatic amines is 1. The largest absolute Gasteiger partial charge is 0.289 e. The van der Waals surface area contributed by atoms with Gasteiger partial charge in [-0.3, -0.25) is 9.89 Å². The Balaban J connectivity index is 2.20. The van der Waals surface area contributed by atoms with E-state index in [1.165, 1.54) is 12.4 Å². The summed E-state index contributed by atoms with van der Waals surface area (Å²) in [6, 6.07) is 10.4. The van der Waals surface area contributed by atoms with Crippen molar-refractivity contribution in [3.8, 4) is 17.2 Å². The first-order valence-corrected chi connectivity index (χ1v) is 5.34. The van der Waals surface area contributed by atoms with Gasteiger partial charge in [-0.25, -0.2) is 9.50 Å². The molecule has 0 aliphatic carbocycles. The third kappa shape index (κ3) is 1.57. The SMILES string of the molecule is N#Cc1ccc(-c2cn3[nH]cnc3cc2=O)cc1. The van der Waals surface area contributed by atoms with Crippen molar-refractivity contribution in [2.75, 3.05) is 0 Å². The van der Waals surface area contributed by atoms with Gasteiger partial charge in [0.15, 0.2) is 11.1 Å². The van der Waals surface area contributed by atoms with E-state index < -0.39 is 0 Å². The number of pyridine rings is 1. The summed E-state index contributed by atoms with van der Waals surface area (Å²) in [5.41, 5.74) is 2.41. The van der Waals surface area contributed by atoms with Gasteiger partial charge in [-0.2, -0.15) is 5.26 Å². The fourth-order valence-electron chi connectivity index (χ4n) is 1.82. The molecule has 0 aliphatic rings. The molecule has 2 aromatic heterocycles. The standard InChI is InChI=1S/C13H8N4O/c14-6-9-1-3-10(4-2-9)11-7-17-13(5-12(11)18)15-8-16-17/h1-5,7-8H,(H,15,16). The Kier molecular flexibility index (Phi) is 2.21. The molecule has 0 atom stereocenters. The maximum atomic E-state index is 12.0. The molecule has 1 N–H and O–H groups in total. The van der Waals surface area contributed by atoms with E-state index in [9.17, 15) is 4.79 Å². The van der Waals surface area contributed by atoms with Crippen LogP contribution < -0.4 is 5.43 Å². The average Bonchev–Trinajstić information content (AvgIpc) is 2.85. The number of nitrogens with zero attached hydrogens (tertiary/aromatic N) is 3. The topological polar surface area (TPSA) is 73.9 Å². The Labute approximate surface area is 102 Å². The first kappa shape index (κ1) is 10.3. The minimum Gasteiger partial charge on any atom is -0.289 e. The molecule has 5 heteroatoms. The van der Waals surface area contributed by atoms with E-state index >= 15 is 0 Å². The molecule has 1 aromatic carbocycles. The van der Waals surface area contributed by atoms with Gasteiger partial charge in [-0.05, 0) is 17.7 Å². The van der Waals surface area contributed by atoms with Crippen LogP contribution in [0.1, 0.15) is 5.56 Å². The maximum Gasteiger partial charge on any atom is 0.191 e. The second kappa shape index (κ2) is 3.86. The van der Waals surface area contributed by atoms with E-state index in [-0.39, 0.29) is 5.43 Å². The van der Waals surface area contributed by atoms with E-state index in [0.717, 1.165) is 5.56 Å². The third-order valence-electron chi connectivity index (χ3n) is 2.75. The number of fused-ring (bicyclic) bond motifs is 1. The highest BCUT2D eigenvalue weighted by molar-refractivity contribution is 5.65. The van der Waals surface area contributed by atoms with Crippen LogP contribution >= 0.6 is 0 Å². The lowest BCUT2D eigenvalue weighted by Gasteiger charge is -2.01. The summed E-state index contributed by atoms with van der Waals surface area (Å²) in [4.78, 5) is 16.0. The Morgan fingerprint density at radius 1 is 1.28 bits per heavy atom. The van der Waals surface area contributed by atoms with Gasteiger partial charge in [0.05, 0.1) is 11.6 Å². The summed E-state index contributed by atoms with van der Waals surface area (Å²) in [7, 11) is 0.